The number of aryl methyl sites for hydroxylation is 1. The minimum Gasteiger partial charge on any atom is -0.344 e. The molecule has 3 rings (SSSR count). The molecule has 0 aliphatic heterocycles. The van der Waals surface area contributed by atoms with Gasteiger partial charge in [-0.25, -0.2) is 4.98 Å². The zero-order valence-electron chi connectivity index (χ0n) is 13.9. The van der Waals surface area contributed by atoms with Gasteiger partial charge in [0.2, 0.25) is 0 Å². The van der Waals surface area contributed by atoms with Crippen molar-refractivity contribution in [3.8, 4) is 0 Å². The number of ketones is 1. The first-order chi connectivity index (χ1) is 11.6. The Morgan fingerprint density at radius 1 is 1.08 bits per heavy atom. The SMILES string of the molecule is Cc1cc(C(=O)CSc2ccccn2)c(C)n1Cc1ccccc1. The maximum atomic E-state index is 12.6. The number of aromatic nitrogens is 2. The van der Waals surface area contributed by atoms with Gasteiger partial charge in [-0.1, -0.05) is 48.2 Å². The number of Topliss-reactive ketones (excluding diaryl/α,β-unsaturated/α-hetero) is 1. The lowest BCUT2D eigenvalue weighted by atomic mass is 10.2. The fraction of sp³-hybridized carbons (Fsp3) is 0.200. The van der Waals surface area contributed by atoms with Crippen molar-refractivity contribution in [1.29, 1.82) is 0 Å². The topological polar surface area (TPSA) is 34.9 Å². The van der Waals surface area contributed by atoms with Gasteiger partial charge in [0.1, 0.15) is 0 Å². The molecule has 2 heterocycles. The molecule has 24 heavy (non-hydrogen) atoms. The Morgan fingerprint density at radius 2 is 1.83 bits per heavy atom. The third-order valence-electron chi connectivity index (χ3n) is 4.05. The smallest absolute Gasteiger partial charge is 0.174 e. The number of carbonyl (C=O) groups is 1. The van der Waals surface area contributed by atoms with Crippen molar-refractivity contribution in [2.24, 2.45) is 0 Å². The maximum Gasteiger partial charge on any atom is 0.174 e. The molecular weight excluding hydrogens is 316 g/mol. The van der Waals surface area contributed by atoms with E-state index in [0.29, 0.717) is 5.75 Å². The van der Waals surface area contributed by atoms with E-state index in [4.69, 9.17) is 0 Å². The molecule has 0 saturated heterocycles. The van der Waals surface area contributed by atoms with Crippen LogP contribution in [0, 0.1) is 13.8 Å². The third kappa shape index (κ3) is 3.77. The van der Waals surface area contributed by atoms with Crippen LogP contribution in [0.5, 0.6) is 0 Å². The quantitative estimate of drug-likeness (QED) is 0.490. The Bertz CT molecular complexity index is 826. The third-order valence-corrected chi connectivity index (χ3v) is 4.99. The summed E-state index contributed by atoms with van der Waals surface area (Å²) in [5, 5.41) is 0.879. The Kier molecular flexibility index (Phi) is 5.16. The van der Waals surface area contributed by atoms with E-state index in [1.807, 2.05) is 49.4 Å². The summed E-state index contributed by atoms with van der Waals surface area (Å²) in [6.07, 6.45) is 1.75. The van der Waals surface area contributed by atoms with E-state index >= 15 is 0 Å². The number of rotatable bonds is 6. The lowest BCUT2D eigenvalue weighted by Crippen LogP contribution is -2.07. The minimum atomic E-state index is 0.151. The highest BCUT2D eigenvalue weighted by atomic mass is 32.2. The second-order valence-corrected chi connectivity index (χ2v) is 6.73. The highest BCUT2D eigenvalue weighted by molar-refractivity contribution is 7.99. The van der Waals surface area contributed by atoms with Gasteiger partial charge >= 0.3 is 0 Å². The molecule has 0 spiro atoms. The Labute approximate surface area is 146 Å². The molecule has 0 amide bonds. The van der Waals surface area contributed by atoms with E-state index in [9.17, 15) is 4.79 Å². The minimum absolute atomic E-state index is 0.151. The van der Waals surface area contributed by atoms with E-state index in [-0.39, 0.29) is 5.78 Å². The molecule has 0 bridgehead atoms. The standard InChI is InChI=1S/C20H20N2OS/c1-15-12-18(19(23)14-24-20-10-6-7-11-21-20)16(2)22(15)13-17-8-4-3-5-9-17/h3-12H,13-14H2,1-2H3. The summed E-state index contributed by atoms with van der Waals surface area (Å²) in [5.41, 5.74) is 4.19. The molecule has 122 valence electrons. The molecule has 3 aromatic rings. The molecule has 4 heteroatoms. The predicted molar refractivity (Wildman–Crippen MR) is 98.7 cm³/mol. The second kappa shape index (κ2) is 7.49. The number of nitrogens with zero attached hydrogens (tertiary/aromatic N) is 2. The van der Waals surface area contributed by atoms with Crippen LogP contribution in [0.25, 0.3) is 0 Å². The summed E-state index contributed by atoms with van der Waals surface area (Å²) < 4.78 is 2.20. The zero-order valence-corrected chi connectivity index (χ0v) is 14.7. The van der Waals surface area contributed by atoms with Crippen LogP contribution in [-0.2, 0) is 6.54 Å². The summed E-state index contributed by atoms with van der Waals surface area (Å²) in [5.74, 6) is 0.560. The normalized spacial score (nSPS) is 10.8. The molecule has 0 fully saturated rings. The highest BCUT2D eigenvalue weighted by Gasteiger charge is 2.16. The Balaban J connectivity index is 1.74. The average Bonchev–Trinajstić information content (AvgIpc) is 2.90. The second-order valence-electron chi connectivity index (χ2n) is 5.74. The summed E-state index contributed by atoms with van der Waals surface area (Å²) >= 11 is 1.48. The monoisotopic (exact) mass is 336 g/mol. The van der Waals surface area contributed by atoms with Crippen LogP contribution >= 0.6 is 11.8 Å². The van der Waals surface area contributed by atoms with Crippen molar-refractivity contribution in [2.45, 2.75) is 25.4 Å². The molecule has 0 atom stereocenters. The van der Waals surface area contributed by atoms with Crippen LogP contribution in [0.2, 0.25) is 0 Å². The molecule has 3 nitrogen and oxygen atoms in total. The first-order valence-corrected chi connectivity index (χ1v) is 8.91. The molecule has 0 aliphatic carbocycles. The summed E-state index contributed by atoms with van der Waals surface area (Å²) in [7, 11) is 0. The lowest BCUT2D eigenvalue weighted by molar-refractivity contribution is 0.102. The molecule has 0 aliphatic rings. The molecule has 1 aromatic carbocycles. The first-order valence-electron chi connectivity index (χ1n) is 7.93. The zero-order chi connectivity index (χ0) is 16.9. The van der Waals surface area contributed by atoms with Crippen molar-refractivity contribution in [3.05, 3.63) is 83.3 Å². The van der Waals surface area contributed by atoms with E-state index in [0.717, 1.165) is 28.5 Å². The van der Waals surface area contributed by atoms with Gasteiger partial charge in [-0.05, 0) is 37.6 Å². The van der Waals surface area contributed by atoms with Crippen LogP contribution in [0.1, 0.15) is 27.3 Å². The van der Waals surface area contributed by atoms with Gasteiger partial charge in [0, 0.05) is 29.7 Å². The predicted octanol–water partition coefficient (Wildman–Crippen LogP) is 4.52. The van der Waals surface area contributed by atoms with E-state index < -0.39 is 0 Å². The summed E-state index contributed by atoms with van der Waals surface area (Å²) in [6.45, 7) is 4.87. The Morgan fingerprint density at radius 3 is 2.54 bits per heavy atom. The molecular formula is C20H20N2OS. The van der Waals surface area contributed by atoms with Crippen molar-refractivity contribution in [2.75, 3.05) is 5.75 Å². The first kappa shape index (κ1) is 16.5. The number of thioether (sulfide) groups is 1. The van der Waals surface area contributed by atoms with Crippen LogP contribution in [0.4, 0.5) is 0 Å². The summed E-state index contributed by atoms with van der Waals surface area (Å²) in [6, 6.07) is 18.1. The average molecular weight is 336 g/mol. The fourth-order valence-corrected chi connectivity index (χ4v) is 3.49. The lowest BCUT2D eigenvalue weighted by Gasteiger charge is -2.10. The van der Waals surface area contributed by atoms with Gasteiger partial charge in [-0.3, -0.25) is 4.79 Å². The van der Waals surface area contributed by atoms with E-state index in [1.165, 1.54) is 17.3 Å². The maximum absolute atomic E-state index is 12.6. The van der Waals surface area contributed by atoms with Crippen LogP contribution in [0.3, 0.4) is 0 Å². The van der Waals surface area contributed by atoms with E-state index in [2.05, 4.69) is 28.6 Å². The summed E-state index contributed by atoms with van der Waals surface area (Å²) in [4.78, 5) is 16.8. The number of carbonyl (C=O) groups excluding carboxylic acids is 1. The van der Waals surface area contributed by atoms with Crippen molar-refractivity contribution in [1.82, 2.24) is 9.55 Å². The van der Waals surface area contributed by atoms with Crippen molar-refractivity contribution >= 4 is 17.5 Å². The van der Waals surface area contributed by atoms with Gasteiger partial charge in [-0.15, -0.1) is 0 Å². The van der Waals surface area contributed by atoms with Gasteiger partial charge in [0.25, 0.3) is 0 Å². The van der Waals surface area contributed by atoms with Gasteiger partial charge < -0.3 is 4.57 Å². The number of benzene rings is 1. The molecule has 0 radical (unpaired) electrons. The van der Waals surface area contributed by atoms with E-state index in [1.54, 1.807) is 6.20 Å². The molecule has 0 saturated carbocycles. The van der Waals surface area contributed by atoms with Crippen molar-refractivity contribution in [3.63, 3.8) is 0 Å². The largest absolute Gasteiger partial charge is 0.344 e. The van der Waals surface area contributed by atoms with Crippen LogP contribution in [-0.4, -0.2) is 21.1 Å². The molecule has 0 N–H and O–H groups in total. The number of hydrogen-bond donors (Lipinski definition) is 0. The van der Waals surface area contributed by atoms with Gasteiger partial charge in [-0.2, -0.15) is 0 Å². The molecule has 0 unspecified atom stereocenters. The number of pyridine rings is 1. The Hall–Kier alpha value is -2.33. The highest BCUT2D eigenvalue weighted by Crippen LogP contribution is 2.21. The number of hydrogen-bond acceptors (Lipinski definition) is 3. The van der Waals surface area contributed by atoms with Crippen LogP contribution < -0.4 is 0 Å². The van der Waals surface area contributed by atoms with Gasteiger partial charge in [0.05, 0.1) is 10.8 Å². The van der Waals surface area contributed by atoms with Crippen LogP contribution in [0.15, 0.2) is 65.8 Å². The van der Waals surface area contributed by atoms with Gasteiger partial charge in [0.15, 0.2) is 5.78 Å². The fourth-order valence-electron chi connectivity index (χ4n) is 2.74. The molecule has 2 aromatic heterocycles. The van der Waals surface area contributed by atoms with Crippen molar-refractivity contribution < 1.29 is 4.79 Å².